The average Bonchev–Trinajstić information content (AvgIpc) is 3.06. The van der Waals surface area contributed by atoms with E-state index in [1.54, 1.807) is 12.4 Å². The number of rotatable bonds is 8. The molecule has 0 aliphatic carbocycles. The van der Waals surface area contributed by atoms with Crippen molar-refractivity contribution in [3.63, 3.8) is 0 Å². The maximum absolute atomic E-state index is 11.9. The average molecular weight is 349 g/mol. The topological polar surface area (TPSA) is 71.8 Å². The summed E-state index contributed by atoms with van der Waals surface area (Å²) < 4.78 is 1.88. The number of carbonyl (C=O) groups excluding carboxylic acids is 1. The summed E-state index contributed by atoms with van der Waals surface area (Å²) in [6, 6.07) is 13.8. The third-order valence-electron chi connectivity index (χ3n) is 4.08. The fourth-order valence-electron chi connectivity index (χ4n) is 2.60. The van der Waals surface area contributed by atoms with E-state index in [4.69, 9.17) is 0 Å². The van der Waals surface area contributed by atoms with Crippen molar-refractivity contribution in [2.75, 3.05) is 6.54 Å². The largest absolute Gasteiger partial charge is 0.352 e. The fourth-order valence-corrected chi connectivity index (χ4v) is 2.60. The predicted octanol–water partition coefficient (Wildman–Crippen LogP) is 2.37. The lowest BCUT2D eigenvalue weighted by Gasteiger charge is -2.06. The molecule has 2 aromatic heterocycles. The summed E-state index contributed by atoms with van der Waals surface area (Å²) in [5.74, 6) is 0.0260. The van der Waals surface area contributed by atoms with Crippen molar-refractivity contribution in [2.45, 2.75) is 26.4 Å². The monoisotopic (exact) mass is 349 g/mol. The Kier molecular flexibility index (Phi) is 6.11. The van der Waals surface area contributed by atoms with Gasteiger partial charge in [0.2, 0.25) is 5.91 Å². The molecule has 2 N–H and O–H groups in total. The maximum atomic E-state index is 11.9. The van der Waals surface area contributed by atoms with Gasteiger partial charge in [-0.2, -0.15) is 5.10 Å². The molecule has 0 saturated carbocycles. The number of pyridine rings is 1. The van der Waals surface area contributed by atoms with Gasteiger partial charge in [-0.25, -0.2) is 4.68 Å². The molecule has 26 heavy (non-hydrogen) atoms. The van der Waals surface area contributed by atoms with Crippen LogP contribution in [0.1, 0.15) is 23.2 Å². The number of nitrogens with one attached hydrogen (secondary N) is 2. The van der Waals surface area contributed by atoms with E-state index >= 15 is 0 Å². The fraction of sp³-hybridized carbons (Fsp3) is 0.250. The molecule has 3 rings (SSSR count). The van der Waals surface area contributed by atoms with Gasteiger partial charge in [-0.05, 0) is 30.7 Å². The highest BCUT2D eigenvalue weighted by molar-refractivity contribution is 5.76. The second-order valence-corrected chi connectivity index (χ2v) is 6.08. The first-order valence-electron chi connectivity index (χ1n) is 8.69. The third-order valence-corrected chi connectivity index (χ3v) is 4.08. The summed E-state index contributed by atoms with van der Waals surface area (Å²) in [5.41, 5.74) is 4.15. The molecule has 1 amide bonds. The van der Waals surface area contributed by atoms with E-state index in [0.29, 0.717) is 26.1 Å². The van der Waals surface area contributed by atoms with Crippen LogP contribution in [0.2, 0.25) is 0 Å². The Bertz CT molecular complexity index is 830. The van der Waals surface area contributed by atoms with E-state index in [0.717, 1.165) is 22.5 Å². The van der Waals surface area contributed by atoms with Crippen LogP contribution in [0.5, 0.6) is 0 Å². The normalized spacial score (nSPS) is 10.7. The van der Waals surface area contributed by atoms with E-state index in [1.165, 1.54) is 0 Å². The lowest BCUT2D eigenvalue weighted by Crippen LogP contribution is -2.27. The smallest absolute Gasteiger partial charge is 0.221 e. The molecule has 0 radical (unpaired) electrons. The Labute approximate surface area is 153 Å². The van der Waals surface area contributed by atoms with Crippen LogP contribution < -0.4 is 10.6 Å². The van der Waals surface area contributed by atoms with Gasteiger partial charge in [0.15, 0.2) is 0 Å². The van der Waals surface area contributed by atoms with Gasteiger partial charge in [0.25, 0.3) is 0 Å². The summed E-state index contributed by atoms with van der Waals surface area (Å²) in [6.07, 6.45) is 5.94. The summed E-state index contributed by atoms with van der Waals surface area (Å²) in [6.45, 7) is 3.82. The van der Waals surface area contributed by atoms with Crippen molar-refractivity contribution in [1.82, 2.24) is 25.4 Å². The summed E-state index contributed by atoms with van der Waals surface area (Å²) in [7, 11) is 0. The van der Waals surface area contributed by atoms with Crippen molar-refractivity contribution in [1.29, 1.82) is 0 Å². The molecule has 0 saturated heterocycles. The Morgan fingerprint density at radius 3 is 2.73 bits per heavy atom. The Morgan fingerprint density at radius 1 is 1.12 bits per heavy atom. The van der Waals surface area contributed by atoms with E-state index in [1.807, 2.05) is 60.3 Å². The van der Waals surface area contributed by atoms with Crippen LogP contribution in [0.25, 0.3) is 5.69 Å². The maximum Gasteiger partial charge on any atom is 0.221 e. The quantitative estimate of drug-likeness (QED) is 0.613. The summed E-state index contributed by atoms with van der Waals surface area (Å²) in [4.78, 5) is 15.9. The highest BCUT2D eigenvalue weighted by atomic mass is 16.1. The molecule has 134 valence electrons. The lowest BCUT2D eigenvalue weighted by atomic mass is 10.2. The summed E-state index contributed by atoms with van der Waals surface area (Å²) >= 11 is 0. The van der Waals surface area contributed by atoms with Crippen molar-refractivity contribution < 1.29 is 4.79 Å². The minimum atomic E-state index is 0.0260. The lowest BCUT2D eigenvalue weighted by molar-refractivity contribution is -0.121. The highest BCUT2D eigenvalue weighted by Crippen LogP contribution is 2.11. The minimum Gasteiger partial charge on any atom is -0.352 e. The number of aryl methyl sites for hydroxylation is 1. The van der Waals surface area contributed by atoms with Gasteiger partial charge >= 0.3 is 0 Å². The van der Waals surface area contributed by atoms with Crippen molar-refractivity contribution in [2.24, 2.45) is 0 Å². The van der Waals surface area contributed by atoms with Crippen molar-refractivity contribution in [3.05, 3.63) is 77.9 Å². The molecule has 0 bridgehead atoms. The molecule has 0 fully saturated rings. The Hall–Kier alpha value is -2.99. The standard InChI is InChI=1S/C20H23N5O/c1-16-18(15-25(24-16)19-7-3-2-4-8-19)14-22-11-9-20(26)23-13-17-6-5-10-21-12-17/h2-8,10,12,15,22H,9,11,13-14H2,1H3,(H,23,26). The number of hydrogen-bond acceptors (Lipinski definition) is 4. The molecule has 6 heteroatoms. The number of para-hydroxylation sites is 1. The van der Waals surface area contributed by atoms with Crippen LogP contribution in [-0.4, -0.2) is 27.2 Å². The van der Waals surface area contributed by atoms with Gasteiger partial charge in [-0.1, -0.05) is 24.3 Å². The second-order valence-electron chi connectivity index (χ2n) is 6.08. The molecule has 2 heterocycles. The number of aromatic nitrogens is 3. The van der Waals surface area contributed by atoms with Gasteiger partial charge in [-0.15, -0.1) is 0 Å². The number of hydrogen-bond donors (Lipinski definition) is 2. The van der Waals surface area contributed by atoms with Crippen LogP contribution in [0, 0.1) is 6.92 Å². The summed E-state index contributed by atoms with van der Waals surface area (Å²) in [5, 5.41) is 10.8. The second kappa shape index (κ2) is 8.92. The number of benzene rings is 1. The molecule has 0 aliphatic heterocycles. The number of nitrogens with zero attached hydrogens (tertiary/aromatic N) is 3. The van der Waals surface area contributed by atoms with E-state index in [-0.39, 0.29) is 5.91 Å². The van der Waals surface area contributed by atoms with Crippen LogP contribution in [0.3, 0.4) is 0 Å². The molecule has 1 aromatic carbocycles. The van der Waals surface area contributed by atoms with Crippen LogP contribution in [-0.2, 0) is 17.9 Å². The molecule has 0 spiro atoms. The van der Waals surface area contributed by atoms with Gasteiger partial charge in [0.1, 0.15) is 0 Å². The van der Waals surface area contributed by atoms with Gasteiger partial charge in [-0.3, -0.25) is 9.78 Å². The zero-order chi connectivity index (χ0) is 18.2. The van der Waals surface area contributed by atoms with E-state index < -0.39 is 0 Å². The highest BCUT2D eigenvalue weighted by Gasteiger charge is 2.06. The predicted molar refractivity (Wildman–Crippen MR) is 101 cm³/mol. The third kappa shape index (κ3) is 5.00. The van der Waals surface area contributed by atoms with Crippen LogP contribution in [0.15, 0.2) is 61.1 Å². The van der Waals surface area contributed by atoms with Crippen LogP contribution in [0.4, 0.5) is 0 Å². The zero-order valence-electron chi connectivity index (χ0n) is 14.9. The molecular formula is C20H23N5O. The van der Waals surface area contributed by atoms with Crippen LogP contribution >= 0.6 is 0 Å². The molecule has 3 aromatic rings. The number of amides is 1. The minimum absolute atomic E-state index is 0.0260. The SMILES string of the molecule is Cc1nn(-c2ccccc2)cc1CNCCC(=O)NCc1cccnc1. The van der Waals surface area contributed by atoms with Gasteiger partial charge < -0.3 is 10.6 Å². The van der Waals surface area contributed by atoms with Gasteiger partial charge in [0, 0.05) is 50.2 Å². The van der Waals surface area contributed by atoms with Crippen molar-refractivity contribution in [3.8, 4) is 5.69 Å². The zero-order valence-corrected chi connectivity index (χ0v) is 14.9. The molecule has 0 atom stereocenters. The molecule has 0 aliphatic rings. The van der Waals surface area contributed by atoms with E-state index in [2.05, 4.69) is 20.7 Å². The van der Waals surface area contributed by atoms with Gasteiger partial charge in [0.05, 0.1) is 11.4 Å². The Balaban J connectivity index is 1.41. The Morgan fingerprint density at radius 2 is 1.96 bits per heavy atom. The molecule has 0 unspecified atom stereocenters. The first-order chi connectivity index (χ1) is 12.7. The first kappa shape index (κ1) is 17.8. The molecular weight excluding hydrogens is 326 g/mol. The molecule has 6 nitrogen and oxygen atoms in total. The van der Waals surface area contributed by atoms with Crippen molar-refractivity contribution >= 4 is 5.91 Å². The first-order valence-corrected chi connectivity index (χ1v) is 8.69. The van der Waals surface area contributed by atoms with E-state index in [9.17, 15) is 4.79 Å². The number of carbonyl (C=O) groups is 1.